The summed E-state index contributed by atoms with van der Waals surface area (Å²) in [6.07, 6.45) is 0.648. The molecule has 0 radical (unpaired) electrons. The van der Waals surface area contributed by atoms with Crippen molar-refractivity contribution in [1.82, 2.24) is 4.98 Å². The SMILES string of the molecule is COc1cccc(N(C(=O)c2cccc(S(=O)(=O)N3CCc4ccccc43)c2)c2nc3ccccc3s2)c1. The smallest absolute Gasteiger partial charge is 0.264 e. The summed E-state index contributed by atoms with van der Waals surface area (Å²) in [5.41, 5.74) is 3.24. The van der Waals surface area contributed by atoms with Crippen LogP contribution in [0.3, 0.4) is 0 Å². The number of aromatic nitrogens is 1. The van der Waals surface area contributed by atoms with Crippen LogP contribution in [0.5, 0.6) is 5.75 Å². The van der Waals surface area contributed by atoms with Crippen molar-refractivity contribution in [3.63, 3.8) is 0 Å². The van der Waals surface area contributed by atoms with E-state index in [1.807, 2.05) is 48.5 Å². The standard InChI is InChI=1S/C29H23N3O4S2/c1-36-23-11-7-10-22(19-23)32(29-30-25-13-3-5-15-27(25)37-29)28(33)21-9-6-12-24(18-21)38(34,35)31-17-16-20-8-2-4-14-26(20)31/h2-15,18-19H,16-17H2,1H3. The van der Waals surface area contributed by atoms with Gasteiger partial charge in [0.25, 0.3) is 15.9 Å². The molecule has 0 saturated heterocycles. The number of anilines is 3. The number of methoxy groups -OCH3 is 1. The van der Waals surface area contributed by atoms with Gasteiger partial charge < -0.3 is 4.74 Å². The van der Waals surface area contributed by atoms with Crippen molar-refractivity contribution in [2.24, 2.45) is 0 Å². The molecule has 7 nitrogen and oxygen atoms in total. The van der Waals surface area contributed by atoms with E-state index in [0.717, 1.165) is 15.8 Å². The lowest BCUT2D eigenvalue weighted by atomic mass is 10.2. The Labute approximate surface area is 224 Å². The Morgan fingerprint density at radius 3 is 2.58 bits per heavy atom. The third-order valence-electron chi connectivity index (χ3n) is 6.50. The van der Waals surface area contributed by atoms with Crippen molar-refractivity contribution in [2.75, 3.05) is 22.9 Å². The quantitative estimate of drug-likeness (QED) is 0.262. The number of hydrogen-bond acceptors (Lipinski definition) is 6. The van der Waals surface area contributed by atoms with Gasteiger partial charge in [0.15, 0.2) is 5.13 Å². The lowest BCUT2D eigenvalue weighted by molar-refractivity contribution is 0.0999. The predicted molar refractivity (Wildman–Crippen MR) is 150 cm³/mol. The number of ether oxygens (including phenoxy) is 1. The van der Waals surface area contributed by atoms with E-state index in [2.05, 4.69) is 0 Å². The summed E-state index contributed by atoms with van der Waals surface area (Å²) in [7, 11) is -2.30. The maximum Gasteiger partial charge on any atom is 0.264 e. The molecule has 5 aromatic rings. The molecule has 1 amide bonds. The zero-order valence-corrected chi connectivity index (χ0v) is 22.1. The van der Waals surface area contributed by atoms with Gasteiger partial charge in [-0.15, -0.1) is 0 Å². The second-order valence-electron chi connectivity index (χ2n) is 8.79. The zero-order chi connectivity index (χ0) is 26.3. The Bertz CT molecular complexity index is 1750. The molecule has 1 aromatic heterocycles. The van der Waals surface area contributed by atoms with Crippen LogP contribution in [-0.4, -0.2) is 33.0 Å². The number of rotatable bonds is 6. The summed E-state index contributed by atoms with van der Waals surface area (Å²) in [4.78, 5) is 20.3. The van der Waals surface area contributed by atoms with Crippen molar-refractivity contribution in [2.45, 2.75) is 11.3 Å². The molecule has 38 heavy (non-hydrogen) atoms. The molecule has 4 aromatic carbocycles. The first-order chi connectivity index (χ1) is 18.5. The van der Waals surface area contributed by atoms with Gasteiger partial charge in [-0.3, -0.25) is 14.0 Å². The van der Waals surface area contributed by atoms with Crippen LogP contribution in [0, 0.1) is 0 Å². The first-order valence-electron chi connectivity index (χ1n) is 12.0. The number of hydrogen-bond donors (Lipinski definition) is 0. The minimum Gasteiger partial charge on any atom is -0.497 e. The Balaban J connectivity index is 1.43. The van der Waals surface area contributed by atoms with Crippen molar-refractivity contribution in [3.05, 3.63) is 108 Å². The summed E-state index contributed by atoms with van der Waals surface area (Å²) in [5.74, 6) is 0.196. The molecule has 0 aliphatic carbocycles. The largest absolute Gasteiger partial charge is 0.497 e. The molecule has 0 atom stereocenters. The molecule has 1 aliphatic heterocycles. The van der Waals surface area contributed by atoms with Crippen molar-refractivity contribution in [1.29, 1.82) is 0 Å². The van der Waals surface area contributed by atoms with Gasteiger partial charge in [0.05, 0.1) is 33.6 Å². The number of amides is 1. The van der Waals surface area contributed by atoms with E-state index >= 15 is 0 Å². The van der Waals surface area contributed by atoms with Crippen LogP contribution in [0.2, 0.25) is 0 Å². The molecule has 190 valence electrons. The minimum absolute atomic E-state index is 0.0648. The van der Waals surface area contributed by atoms with Crippen molar-refractivity contribution >= 4 is 54.0 Å². The van der Waals surface area contributed by atoms with Crippen LogP contribution in [0.15, 0.2) is 102 Å². The van der Waals surface area contributed by atoms with E-state index in [1.165, 1.54) is 32.7 Å². The average Bonchev–Trinajstić information content (AvgIpc) is 3.58. The van der Waals surface area contributed by atoms with E-state index in [0.29, 0.717) is 35.2 Å². The number of nitrogens with zero attached hydrogens (tertiary/aromatic N) is 3. The average molecular weight is 542 g/mol. The zero-order valence-electron chi connectivity index (χ0n) is 20.4. The second kappa shape index (κ2) is 9.59. The summed E-state index contributed by atoms with van der Waals surface area (Å²) in [6.45, 7) is 0.363. The first-order valence-corrected chi connectivity index (χ1v) is 14.3. The maximum atomic E-state index is 14.1. The fourth-order valence-electron chi connectivity index (χ4n) is 4.62. The molecular weight excluding hydrogens is 518 g/mol. The lowest BCUT2D eigenvalue weighted by Crippen LogP contribution is -2.30. The van der Waals surface area contributed by atoms with E-state index in [9.17, 15) is 13.2 Å². The van der Waals surface area contributed by atoms with Gasteiger partial charge in [-0.2, -0.15) is 0 Å². The first kappa shape index (κ1) is 24.1. The third-order valence-corrected chi connectivity index (χ3v) is 9.33. The molecule has 6 rings (SSSR count). The van der Waals surface area contributed by atoms with Crippen LogP contribution in [0.25, 0.3) is 10.2 Å². The van der Waals surface area contributed by atoms with Gasteiger partial charge in [-0.1, -0.05) is 53.8 Å². The highest BCUT2D eigenvalue weighted by Gasteiger charge is 2.32. The molecule has 0 N–H and O–H groups in total. The van der Waals surface area contributed by atoms with Crippen molar-refractivity contribution < 1.29 is 17.9 Å². The van der Waals surface area contributed by atoms with Gasteiger partial charge in [-0.05, 0) is 60.5 Å². The molecular formula is C29H23N3O4S2. The van der Waals surface area contributed by atoms with E-state index in [4.69, 9.17) is 9.72 Å². The predicted octanol–water partition coefficient (Wildman–Crippen LogP) is 6.03. The third kappa shape index (κ3) is 4.19. The topological polar surface area (TPSA) is 79.8 Å². The number of carbonyl (C=O) groups is 1. The number of carbonyl (C=O) groups excluding carboxylic acids is 1. The number of sulfonamides is 1. The lowest BCUT2D eigenvalue weighted by Gasteiger charge is -2.22. The van der Waals surface area contributed by atoms with Crippen LogP contribution >= 0.6 is 11.3 Å². The molecule has 0 bridgehead atoms. The number of para-hydroxylation sites is 2. The van der Waals surface area contributed by atoms with Crippen LogP contribution in [-0.2, 0) is 16.4 Å². The molecule has 0 saturated carbocycles. The molecule has 9 heteroatoms. The minimum atomic E-state index is -3.86. The highest BCUT2D eigenvalue weighted by Crippen LogP contribution is 2.37. The summed E-state index contributed by atoms with van der Waals surface area (Å²) in [6, 6.07) is 28.5. The Hall–Kier alpha value is -4.21. The highest BCUT2D eigenvalue weighted by atomic mass is 32.2. The monoisotopic (exact) mass is 541 g/mol. The number of thiazole rings is 1. The highest BCUT2D eigenvalue weighted by molar-refractivity contribution is 7.92. The molecule has 0 fully saturated rings. The molecule has 2 heterocycles. The van der Waals surface area contributed by atoms with Crippen LogP contribution in [0.4, 0.5) is 16.5 Å². The summed E-state index contributed by atoms with van der Waals surface area (Å²) >= 11 is 1.39. The van der Waals surface area contributed by atoms with E-state index < -0.39 is 15.9 Å². The fourth-order valence-corrected chi connectivity index (χ4v) is 7.16. The Morgan fingerprint density at radius 1 is 0.947 bits per heavy atom. The van der Waals surface area contributed by atoms with Gasteiger partial charge in [-0.25, -0.2) is 13.4 Å². The van der Waals surface area contributed by atoms with Gasteiger partial charge >= 0.3 is 0 Å². The molecule has 0 unspecified atom stereocenters. The Kier molecular flexibility index (Phi) is 6.09. The van der Waals surface area contributed by atoms with Crippen molar-refractivity contribution in [3.8, 4) is 5.75 Å². The van der Waals surface area contributed by atoms with Gasteiger partial charge in [0.2, 0.25) is 0 Å². The Morgan fingerprint density at radius 2 is 1.74 bits per heavy atom. The summed E-state index contributed by atoms with van der Waals surface area (Å²) in [5, 5.41) is 0.478. The van der Waals surface area contributed by atoms with Gasteiger partial charge in [0.1, 0.15) is 5.75 Å². The van der Waals surface area contributed by atoms with Crippen LogP contribution in [0.1, 0.15) is 15.9 Å². The fraction of sp³-hybridized carbons (Fsp3) is 0.103. The van der Waals surface area contributed by atoms with E-state index in [1.54, 1.807) is 43.5 Å². The second-order valence-corrected chi connectivity index (χ2v) is 11.7. The number of fused-ring (bicyclic) bond motifs is 2. The van der Waals surface area contributed by atoms with E-state index in [-0.39, 0.29) is 10.5 Å². The normalized spacial score (nSPS) is 12.9. The van der Waals surface area contributed by atoms with Crippen LogP contribution < -0.4 is 13.9 Å². The summed E-state index contributed by atoms with van der Waals surface area (Å²) < 4.78 is 35.1. The van der Waals surface area contributed by atoms with Gasteiger partial charge in [0, 0.05) is 18.2 Å². The molecule has 1 aliphatic rings. The molecule has 0 spiro atoms. The number of benzene rings is 4. The maximum absolute atomic E-state index is 14.1.